The van der Waals surface area contributed by atoms with E-state index >= 15 is 0 Å². The van der Waals surface area contributed by atoms with Gasteiger partial charge in [-0.1, -0.05) is 44.7 Å². The van der Waals surface area contributed by atoms with Crippen molar-refractivity contribution in [3.8, 4) is 5.75 Å². The Labute approximate surface area is 184 Å². The summed E-state index contributed by atoms with van der Waals surface area (Å²) in [5.41, 5.74) is 2.07. The Hall–Kier alpha value is -3.02. The van der Waals surface area contributed by atoms with E-state index in [2.05, 4.69) is 22.9 Å². The van der Waals surface area contributed by atoms with Gasteiger partial charge in [0.25, 0.3) is 5.91 Å². The number of anilines is 2. The van der Waals surface area contributed by atoms with E-state index in [9.17, 15) is 9.59 Å². The van der Waals surface area contributed by atoms with Gasteiger partial charge in [0.2, 0.25) is 5.91 Å². The molecule has 0 saturated heterocycles. The standard InChI is InChI=1S/C25H33N3O3/c1-2-3-17-31-23-12-8-7-11-22(23)26-18-24(29)27-21-15-13-19(14-16-21)25(30)28-20-9-5-4-6-10-20/h7-8,11-16,20,26H,2-6,9-10,17-18H2,1H3,(H,27,29)(H,28,30). The van der Waals surface area contributed by atoms with Crippen LogP contribution in [0.5, 0.6) is 5.75 Å². The summed E-state index contributed by atoms with van der Waals surface area (Å²) in [6, 6.07) is 14.9. The van der Waals surface area contributed by atoms with Crippen LogP contribution in [-0.4, -0.2) is 31.0 Å². The first kappa shape index (κ1) is 22.7. The molecule has 0 unspecified atom stereocenters. The third-order valence-corrected chi connectivity index (χ3v) is 5.45. The van der Waals surface area contributed by atoms with Crippen LogP contribution in [0, 0.1) is 0 Å². The summed E-state index contributed by atoms with van der Waals surface area (Å²) >= 11 is 0. The topological polar surface area (TPSA) is 79.5 Å². The van der Waals surface area contributed by atoms with Gasteiger partial charge in [0.1, 0.15) is 5.75 Å². The molecule has 0 heterocycles. The lowest BCUT2D eigenvalue weighted by molar-refractivity contribution is -0.114. The normalized spacial score (nSPS) is 14.0. The van der Waals surface area contributed by atoms with Crippen molar-refractivity contribution in [1.29, 1.82) is 0 Å². The van der Waals surface area contributed by atoms with Crippen molar-refractivity contribution in [3.63, 3.8) is 0 Å². The Morgan fingerprint density at radius 1 is 1.00 bits per heavy atom. The van der Waals surface area contributed by atoms with E-state index < -0.39 is 0 Å². The van der Waals surface area contributed by atoms with Gasteiger partial charge < -0.3 is 20.7 Å². The average molecular weight is 424 g/mol. The Bertz CT molecular complexity index is 845. The number of benzene rings is 2. The quantitative estimate of drug-likeness (QED) is 0.471. The van der Waals surface area contributed by atoms with Crippen molar-refractivity contribution in [1.82, 2.24) is 5.32 Å². The van der Waals surface area contributed by atoms with Crippen LogP contribution < -0.4 is 20.7 Å². The number of ether oxygens (including phenoxy) is 1. The lowest BCUT2D eigenvalue weighted by Gasteiger charge is -2.22. The van der Waals surface area contributed by atoms with Gasteiger partial charge in [-0.15, -0.1) is 0 Å². The van der Waals surface area contributed by atoms with Crippen LogP contribution in [0.15, 0.2) is 48.5 Å². The van der Waals surface area contributed by atoms with Gasteiger partial charge in [-0.05, 0) is 55.7 Å². The van der Waals surface area contributed by atoms with Crippen LogP contribution >= 0.6 is 0 Å². The second-order valence-electron chi connectivity index (χ2n) is 7.99. The van der Waals surface area contributed by atoms with E-state index in [-0.39, 0.29) is 24.4 Å². The zero-order valence-electron chi connectivity index (χ0n) is 18.3. The monoisotopic (exact) mass is 423 g/mol. The highest BCUT2D eigenvalue weighted by Crippen LogP contribution is 2.24. The van der Waals surface area contributed by atoms with Crippen molar-refractivity contribution in [2.75, 3.05) is 23.8 Å². The third-order valence-electron chi connectivity index (χ3n) is 5.45. The average Bonchev–Trinajstić information content (AvgIpc) is 2.80. The number of hydrogen-bond acceptors (Lipinski definition) is 4. The molecule has 31 heavy (non-hydrogen) atoms. The molecule has 0 bridgehead atoms. The summed E-state index contributed by atoms with van der Waals surface area (Å²) in [6.45, 7) is 2.90. The molecule has 3 rings (SSSR count). The highest BCUT2D eigenvalue weighted by molar-refractivity contribution is 5.96. The molecule has 2 aromatic rings. The Balaban J connectivity index is 1.47. The second kappa shape index (κ2) is 12.0. The predicted molar refractivity (Wildman–Crippen MR) is 125 cm³/mol. The first-order valence-corrected chi connectivity index (χ1v) is 11.3. The van der Waals surface area contributed by atoms with Crippen LogP contribution in [0.25, 0.3) is 0 Å². The smallest absolute Gasteiger partial charge is 0.251 e. The number of para-hydroxylation sites is 2. The highest BCUT2D eigenvalue weighted by atomic mass is 16.5. The van der Waals surface area contributed by atoms with Crippen LogP contribution in [0.2, 0.25) is 0 Å². The molecule has 0 aliphatic heterocycles. The fourth-order valence-corrected chi connectivity index (χ4v) is 3.67. The summed E-state index contributed by atoms with van der Waals surface area (Å²) in [5, 5.41) is 9.10. The molecule has 166 valence electrons. The maximum Gasteiger partial charge on any atom is 0.251 e. The number of amides is 2. The molecule has 2 aromatic carbocycles. The van der Waals surface area contributed by atoms with Crippen molar-refractivity contribution < 1.29 is 14.3 Å². The molecular weight excluding hydrogens is 390 g/mol. The van der Waals surface area contributed by atoms with E-state index in [4.69, 9.17) is 4.74 Å². The van der Waals surface area contributed by atoms with Crippen LogP contribution in [0.1, 0.15) is 62.2 Å². The molecule has 1 aliphatic carbocycles. The molecule has 0 atom stereocenters. The molecule has 2 amide bonds. The maximum absolute atomic E-state index is 12.4. The van der Waals surface area contributed by atoms with Crippen molar-refractivity contribution in [2.45, 2.75) is 57.9 Å². The van der Waals surface area contributed by atoms with Crippen molar-refractivity contribution in [3.05, 3.63) is 54.1 Å². The first-order valence-electron chi connectivity index (χ1n) is 11.3. The fourth-order valence-electron chi connectivity index (χ4n) is 3.67. The number of unbranched alkanes of at least 4 members (excludes halogenated alkanes) is 1. The Morgan fingerprint density at radius 2 is 1.74 bits per heavy atom. The molecule has 0 spiro atoms. The minimum absolute atomic E-state index is 0.0499. The number of carbonyl (C=O) groups is 2. The minimum Gasteiger partial charge on any atom is -0.491 e. The summed E-state index contributed by atoms with van der Waals surface area (Å²) < 4.78 is 5.79. The van der Waals surface area contributed by atoms with Crippen LogP contribution in [-0.2, 0) is 4.79 Å². The molecule has 1 fully saturated rings. The molecule has 1 saturated carbocycles. The number of hydrogen-bond donors (Lipinski definition) is 3. The molecule has 0 radical (unpaired) electrons. The van der Waals surface area contributed by atoms with Gasteiger partial charge in [-0.25, -0.2) is 0 Å². The molecular formula is C25H33N3O3. The maximum atomic E-state index is 12.4. The van der Waals surface area contributed by atoms with E-state index in [1.165, 1.54) is 19.3 Å². The van der Waals surface area contributed by atoms with Crippen LogP contribution in [0.4, 0.5) is 11.4 Å². The van der Waals surface area contributed by atoms with Gasteiger partial charge in [-0.2, -0.15) is 0 Å². The van der Waals surface area contributed by atoms with Gasteiger partial charge >= 0.3 is 0 Å². The van der Waals surface area contributed by atoms with E-state index in [1.807, 2.05) is 24.3 Å². The fraction of sp³-hybridized carbons (Fsp3) is 0.440. The zero-order valence-corrected chi connectivity index (χ0v) is 18.3. The second-order valence-corrected chi connectivity index (χ2v) is 7.99. The number of carbonyl (C=O) groups excluding carboxylic acids is 2. The Kier molecular flexibility index (Phi) is 8.76. The number of rotatable bonds is 10. The molecule has 0 aromatic heterocycles. The van der Waals surface area contributed by atoms with Crippen molar-refractivity contribution >= 4 is 23.2 Å². The largest absolute Gasteiger partial charge is 0.491 e. The molecule has 1 aliphatic rings. The summed E-state index contributed by atoms with van der Waals surface area (Å²) in [5.74, 6) is 0.533. The summed E-state index contributed by atoms with van der Waals surface area (Å²) in [6.07, 6.45) is 7.79. The van der Waals surface area contributed by atoms with Gasteiger partial charge in [0.05, 0.1) is 18.8 Å². The number of nitrogens with one attached hydrogen (secondary N) is 3. The highest BCUT2D eigenvalue weighted by Gasteiger charge is 2.16. The Morgan fingerprint density at radius 3 is 2.48 bits per heavy atom. The van der Waals surface area contributed by atoms with Crippen LogP contribution in [0.3, 0.4) is 0 Å². The lowest BCUT2D eigenvalue weighted by Crippen LogP contribution is -2.36. The zero-order chi connectivity index (χ0) is 21.9. The predicted octanol–water partition coefficient (Wildman–Crippen LogP) is 4.98. The van der Waals surface area contributed by atoms with Gasteiger partial charge in [-0.3, -0.25) is 9.59 Å². The van der Waals surface area contributed by atoms with E-state index in [1.54, 1.807) is 24.3 Å². The molecule has 3 N–H and O–H groups in total. The van der Waals surface area contributed by atoms with E-state index in [0.717, 1.165) is 37.1 Å². The van der Waals surface area contributed by atoms with Crippen molar-refractivity contribution in [2.24, 2.45) is 0 Å². The molecule has 6 heteroatoms. The third kappa shape index (κ3) is 7.31. The summed E-state index contributed by atoms with van der Waals surface area (Å²) in [7, 11) is 0. The van der Waals surface area contributed by atoms with Gasteiger partial charge in [0, 0.05) is 17.3 Å². The lowest BCUT2D eigenvalue weighted by atomic mass is 9.95. The molecule has 6 nitrogen and oxygen atoms in total. The minimum atomic E-state index is -0.164. The summed E-state index contributed by atoms with van der Waals surface area (Å²) in [4.78, 5) is 24.8. The van der Waals surface area contributed by atoms with Gasteiger partial charge in [0.15, 0.2) is 0 Å². The SMILES string of the molecule is CCCCOc1ccccc1NCC(=O)Nc1ccc(C(=O)NC2CCCCC2)cc1. The van der Waals surface area contributed by atoms with E-state index in [0.29, 0.717) is 17.9 Å². The first-order chi connectivity index (χ1) is 15.2.